The van der Waals surface area contributed by atoms with Crippen molar-refractivity contribution in [3.8, 4) is 11.5 Å². The molecule has 33 heavy (non-hydrogen) atoms. The molecule has 2 aromatic carbocycles. The van der Waals surface area contributed by atoms with Gasteiger partial charge in [-0.1, -0.05) is 12.1 Å². The first kappa shape index (κ1) is 25.5. The Morgan fingerprint density at radius 3 is 2.30 bits per heavy atom. The van der Waals surface area contributed by atoms with Crippen molar-refractivity contribution in [1.29, 1.82) is 0 Å². The molecule has 0 bridgehead atoms. The van der Waals surface area contributed by atoms with Gasteiger partial charge in [-0.3, -0.25) is 9.59 Å². The van der Waals surface area contributed by atoms with E-state index in [2.05, 4.69) is 10.6 Å². The predicted octanol–water partition coefficient (Wildman–Crippen LogP) is 3.45. The molecule has 0 saturated carbocycles. The number of ether oxygens (including phenoxy) is 2. The van der Waals surface area contributed by atoms with Crippen molar-refractivity contribution in [2.24, 2.45) is 0 Å². The highest BCUT2D eigenvalue weighted by Gasteiger charge is 2.31. The fourth-order valence-corrected chi connectivity index (χ4v) is 3.12. The van der Waals surface area contributed by atoms with Gasteiger partial charge in [0.2, 0.25) is 5.91 Å². The van der Waals surface area contributed by atoms with Crippen molar-refractivity contribution in [3.63, 3.8) is 0 Å². The highest BCUT2D eigenvalue weighted by molar-refractivity contribution is 5.98. The Hall–Kier alpha value is -3.75. The van der Waals surface area contributed by atoms with E-state index in [1.165, 1.54) is 17.0 Å². The quantitative estimate of drug-likeness (QED) is 0.559. The molecule has 9 nitrogen and oxygen atoms in total. The van der Waals surface area contributed by atoms with Crippen LogP contribution in [0.3, 0.4) is 0 Å². The van der Waals surface area contributed by atoms with Gasteiger partial charge in [0.1, 0.15) is 29.7 Å². The molecule has 2 rings (SSSR count). The maximum absolute atomic E-state index is 13.3. The van der Waals surface area contributed by atoms with Crippen LogP contribution in [-0.2, 0) is 14.3 Å². The number of benzene rings is 2. The minimum Gasteiger partial charge on any atom is -0.508 e. The first-order chi connectivity index (χ1) is 15.5. The number of nitrogens with zero attached hydrogens (tertiary/aromatic N) is 1. The Labute approximate surface area is 193 Å². The number of amides is 3. The normalized spacial score (nSPS) is 11.8. The molecule has 0 radical (unpaired) electrons. The third-order valence-electron chi connectivity index (χ3n) is 4.55. The van der Waals surface area contributed by atoms with Crippen molar-refractivity contribution in [2.75, 3.05) is 25.5 Å². The lowest BCUT2D eigenvalue weighted by Gasteiger charge is -2.30. The minimum absolute atomic E-state index is 0.0369. The van der Waals surface area contributed by atoms with E-state index in [0.717, 1.165) is 0 Å². The topological polar surface area (TPSA) is 117 Å². The van der Waals surface area contributed by atoms with E-state index in [4.69, 9.17) is 9.47 Å². The number of anilines is 1. The summed E-state index contributed by atoms with van der Waals surface area (Å²) in [6.07, 6.45) is -0.733. The average Bonchev–Trinajstić information content (AvgIpc) is 2.75. The summed E-state index contributed by atoms with van der Waals surface area (Å²) in [5.74, 6) is -0.360. The molecule has 0 aliphatic rings. The second kappa shape index (κ2) is 11.2. The molecule has 0 fully saturated rings. The number of nitrogens with one attached hydrogen (secondary N) is 2. The third-order valence-corrected chi connectivity index (χ3v) is 4.55. The van der Waals surface area contributed by atoms with Gasteiger partial charge in [-0.2, -0.15) is 0 Å². The number of hydrogen-bond donors (Lipinski definition) is 3. The van der Waals surface area contributed by atoms with Gasteiger partial charge in [-0.25, -0.2) is 4.79 Å². The molecule has 0 heterocycles. The van der Waals surface area contributed by atoms with Crippen molar-refractivity contribution < 1.29 is 29.0 Å². The molecule has 1 unspecified atom stereocenters. The Bertz CT molecular complexity index is 969. The summed E-state index contributed by atoms with van der Waals surface area (Å²) >= 11 is 0. The number of phenolic OH excluding ortho intramolecular Hbond substituents is 1. The number of alkyl carbamates (subject to hydrolysis) is 1. The van der Waals surface area contributed by atoms with Gasteiger partial charge in [-0.15, -0.1) is 0 Å². The number of likely N-dealkylation sites (N-methyl/N-ethyl adjacent to an activating group) is 1. The van der Waals surface area contributed by atoms with E-state index in [9.17, 15) is 19.5 Å². The molecule has 0 aliphatic carbocycles. The van der Waals surface area contributed by atoms with E-state index < -0.39 is 29.6 Å². The lowest BCUT2D eigenvalue weighted by molar-refractivity contribution is -0.138. The molecule has 3 N–H and O–H groups in total. The van der Waals surface area contributed by atoms with E-state index in [-0.39, 0.29) is 18.8 Å². The summed E-state index contributed by atoms with van der Waals surface area (Å²) in [7, 11) is 1.54. The van der Waals surface area contributed by atoms with E-state index in [1.54, 1.807) is 71.2 Å². The average molecular weight is 458 g/mol. The summed E-state index contributed by atoms with van der Waals surface area (Å²) in [6.45, 7) is 6.71. The zero-order valence-corrected chi connectivity index (χ0v) is 19.5. The van der Waals surface area contributed by atoms with Crippen molar-refractivity contribution in [1.82, 2.24) is 10.2 Å². The lowest BCUT2D eigenvalue weighted by Crippen LogP contribution is -2.46. The van der Waals surface area contributed by atoms with Crippen LogP contribution in [0.2, 0.25) is 0 Å². The van der Waals surface area contributed by atoms with E-state index in [1.807, 2.05) is 0 Å². The summed E-state index contributed by atoms with van der Waals surface area (Å²) in [5, 5.41) is 15.2. The number of hydrogen-bond acceptors (Lipinski definition) is 6. The zero-order valence-electron chi connectivity index (χ0n) is 19.5. The van der Waals surface area contributed by atoms with Crippen LogP contribution >= 0.6 is 0 Å². The van der Waals surface area contributed by atoms with Gasteiger partial charge in [0.15, 0.2) is 0 Å². The molecule has 0 aliphatic heterocycles. The van der Waals surface area contributed by atoms with Crippen LogP contribution in [0, 0.1) is 0 Å². The summed E-state index contributed by atoms with van der Waals surface area (Å²) < 4.78 is 10.3. The van der Waals surface area contributed by atoms with Gasteiger partial charge in [0, 0.05) is 12.2 Å². The highest BCUT2D eigenvalue weighted by atomic mass is 16.6. The Morgan fingerprint density at radius 1 is 1.09 bits per heavy atom. The second-order valence-corrected chi connectivity index (χ2v) is 8.25. The molecule has 0 spiro atoms. The zero-order chi connectivity index (χ0) is 24.6. The van der Waals surface area contributed by atoms with Crippen LogP contribution < -0.4 is 15.4 Å². The van der Waals surface area contributed by atoms with Gasteiger partial charge in [0.25, 0.3) is 5.91 Å². The maximum Gasteiger partial charge on any atom is 0.408 e. The van der Waals surface area contributed by atoms with Gasteiger partial charge >= 0.3 is 6.09 Å². The molecule has 3 amide bonds. The van der Waals surface area contributed by atoms with Crippen LogP contribution in [0.25, 0.3) is 0 Å². The maximum atomic E-state index is 13.3. The van der Waals surface area contributed by atoms with Gasteiger partial charge in [0.05, 0.1) is 7.11 Å². The van der Waals surface area contributed by atoms with Crippen LogP contribution in [0.1, 0.15) is 39.3 Å². The molecule has 2 aromatic rings. The molecule has 0 aromatic heterocycles. The molecule has 1 atom stereocenters. The first-order valence-electron chi connectivity index (χ1n) is 10.5. The van der Waals surface area contributed by atoms with Crippen molar-refractivity contribution in [2.45, 2.75) is 39.3 Å². The predicted molar refractivity (Wildman–Crippen MR) is 124 cm³/mol. The fourth-order valence-electron chi connectivity index (χ4n) is 3.12. The number of phenols is 1. The summed E-state index contributed by atoms with van der Waals surface area (Å²) in [4.78, 5) is 39.5. The van der Waals surface area contributed by atoms with Crippen LogP contribution in [0.5, 0.6) is 11.5 Å². The van der Waals surface area contributed by atoms with Crippen LogP contribution in [0.15, 0.2) is 48.5 Å². The second-order valence-electron chi connectivity index (χ2n) is 8.25. The molecular weight excluding hydrogens is 426 g/mol. The number of rotatable bonds is 8. The number of carbonyl (C=O) groups is 3. The fraction of sp³-hybridized carbons (Fsp3) is 0.375. The number of methoxy groups -OCH3 is 1. The largest absolute Gasteiger partial charge is 0.508 e. The first-order valence-corrected chi connectivity index (χ1v) is 10.5. The number of carbonyl (C=O) groups excluding carboxylic acids is 3. The molecule has 0 saturated heterocycles. The SMILES string of the molecule is CCN(C(=O)CNC(=O)OC(C)(C)C)C(C(=O)Nc1ccc(OC)cc1)c1cccc(O)c1. The van der Waals surface area contributed by atoms with E-state index >= 15 is 0 Å². The van der Waals surface area contributed by atoms with Gasteiger partial charge in [-0.05, 0) is 69.7 Å². The molecule has 178 valence electrons. The Balaban J connectivity index is 2.25. The molecular formula is C24H31N3O6. The summed E-state index contributed by atoms with van der Waals surface area (Å²) in [5.41, 5.74) is 0.231. The molecule has 9 heteroatoms. The Morgan fingerprint density at radius 2 is 1.76 bits per heavy atom. The third kappa shape index (κ3) is 7.71. The van der Waals surface area contributed by atoms with Gasteiger partial charge < -0.3 is 30.1 Å². The van der Waals surface area contributed by atoms with Crippen LogP contribution in [-0.4, -0.2) is 53.7 Å². The van der Waals surface area contributed by atoms with Crippen molar-refractivity contribution in [3.05, 3.63) is 54.1 Å². The summed E-state index contributed by atoms with van der Waals surface area (Å²) in [6, 6.07) is 11.9. The lowest BCUT2D eigenvalue weighted by atomic mass is 10.0. The van der Waals surface area contributed by atoms with E-state index in [0.29, 0.717) is 17.0 Å². The standard InChI is InChI=1S/C24H31N3O6/c1-6-27(20(29)15-25-23(31)33-24(2,3)4)21(16-8-7-9-18(28)14-16)22(30)26-17-10-12-19(32-5)13-11-17/h7-14,21,28H,6,15H2,1-5H3,(H,25,31)(H,26,30). The Kier molecular flexibility index (Phi) is 8.67. The smallest absolute Gasteiger partial charge is 0.408 e. The van der Waals surface area contributed by atoms with Crippen LogP contribution in [0.4, 0.5) is 10.5 Å². The highest BCUT2D eigenvalue weighted by Crippen LogP contribution is 2.26. The van der Waals surface area contributed by atoms with Crippen molar-refractivity contribution >= 4 is 23.6 Å². The monoisotopic (exact) mass is 457 g/mol. The minimum atomic E-state index is -1.04. The number of aromatic hydroxyl groups is 1.